The van der Waals surface area contributed by atoms with Crippen molar-refractivity contribution < 1.29 is 23.9 Å². The van der Waals surface area contributed by atoms with Gasteiger partial charge in [-0.15, -0.1) is 0 Å². The highest BCUT2D eigenvalue weighted by molar-refractivity contribution is 5.83. The first-order valence-corrected chi connectivity index (χ1v) is 11.0. The minimum absolute atomic E-state index is 0.00344. The van der Waals surface area contributed by atoms with Crippen LogP contribution in [0.25, 0.3) is 0 Å². The Morgan fingerprint density at radius 2 is 1.54 bits per heavy atom. The van der Waals surface area contributed by atoms with Gasteiger partial charge in [0.25, 0.3) is 0 Å². The predicted molar refractivity (Wildman–Crippen MR) is 103 cm³/mol. The second kappa shape index (κ2) is 6.84. The number of carbonyl (C=O) groups is 3. The normalized spacial score (nSPS) is 47.5. The van der Waals surface area contributed by atoms with E-state index in [1.54, 1.807) is 0 Å². The molecule has 0 aromatic carbocycles. The van der Waals surface area contributed by atoms with Crippen molar-refractivity contribution >= 4 is 17.7 Å². The van der Waals surface area contributed by atoms with E-state index in [4.69, 9.17) is 9.47 Å². The second-order valence-corrected chi connectivity index (χ2v) is 10.3. The molecule has 28 heavy (non-hydrogen) atoms. The van der Waals surface area contributed by atoms with E-state index in [0.717, 1.165) is 38.5 Å². The van der Waals surface area contributed by atoms with Gasteiger partial charge in [0.05, 0.1) is 0 Å². The van der Waals surface area contributed by atoms with E-state index in [9.17, 15) is 14.4 Å². The SMILES string of the molecule is CC(=O)OC1CC[C@H]2[C@@H]3CC(=O)[C@H]4C[C@H](OC(C)=O)CC[C@]4(C)[C@H]3CC[C@]12C. The van der Waals surface area contributed by atoms with Crippen LogP contribution in [0, 0.1) is 34.5 Å². The summed E-state index contributed by atoms with van der Waals surface area (Å²) in [4.78, 5) is 36.2. The smallest absolute Gasteiger partial charge is 0.302 e. The van der Waals surface area contributed by atoms with Crippen LogP contribution in [0.3, 0.4) is 0 Å². The number of carbonyl (C=O) groups excluding carboxylic acids is 3. The van der Waals surface area contributed by atoms with Crippen LogP contribution in [0.4, 0.5) is 0 Å². The molecule has 4 rings (SSSR count). The first kappa shape index (κ1) is 19.9. The lowest BCUT2D eigenvalue weighted by Gasteiger charge is -2.59. The first-order chi connectivity index (χ1) is 13.1. The summed E-state index contributed by atoms with van der Waals surface area (Å²) in [5.41, 5.74) is 0.0166. The van der Waals surface area contributed by atoms with Gasteiger partial charge in [-0.05, 0) is 68.1 Å². The number of ketones is 1. The Kier molecular flexibility index (Phi) is 4.86. The van der Waals surface area contributed by atoms with Gasteiger partial charge in [-0.2, -0.15) is 0 Å². The molecule has 156 valence electrons. The lowest BCUT2D eigenvalue weighted by Crippen LogP contribution is -2.57. The van der Waals surface area contributed by atoms with Crippen molar-refractivity contribution in [3.05, 3.63) is 0 Å². The van der Waals surface area contributed by atoms with Crippen LogP contribution in [0.5, 0.6) is 0 Å². The Balaban J connectivity index is 1.56. The Morgan fingerprint density at radius 3 is 2.21 bits per heavy atom. The molecule has 0 bridgehead atoms. The van der Waals surface area contributed by atoms with Crippen molar-refractivity contribution in [3.63, 3.8) is 0 Å². The van der Waals surface area contributed by atoms with Crippen molar-refractivity contribution in [2.45, 2.75) is 91.3 Å². The van der Waals surface area contributed by atoms with E-state index < -0.39 is 0 Å². The van der Waals surface area contributed by atoms with Crippen LogP contribution in [0.1, 0.15) is 79.1 Å². The number of hydrogen-bond donors (Lipinski definition) is 0. The zero-order valence-corrected chi connectivity index (χ0v) is 17.7. The number of ether oxygens (including phenoxy) is 2. The highest BCUT2D eigenvalue weighted by Gasteiger charge is 2.63. The van der Waals surface area contributed by atoms with Crippen LogP contribution in [-0.4, -0.2) is 29.9 Å². The molecule has 0 spiro atoms. The predicted octanol–water partition coefficient (Wildman–Crippen LogP) is 4.07. The maximum absolute atomic E-state index is 13.2. The van der Waals surface area contributed by atoms with Gasteiger partial charge >= 0.3 is 11.9 Å². The minimum Gasteiger partial charge on any atom is -0.463 e. The average Bonchev–Trinajstić information content (AvgIpc) is 2.92. The third-order valence-electron chi connectivity index (χ3n) is 8.96. The molecule has 0 radical (unpaired) electrons. The molecule has 0 aliphatic heterocycles. The fourth-order valence-corrected chi connectivity index (χ4v) is 7.69. The topological polar surface area (TPSA) is 69.7 Å². The summed E-state index contributed by atoms with van der Waals surface area (Å²) in [6, 6.07) is 0. The number of rotatable bonds is 2. The fourth-order valence-electron chi connectivity index (χ4n) is 7.69. The Morgan fingerprint density at radius 1 is 0.893 bits per heavy atom. The molecule has 0 N–H and O–H groups in total. The lowest BCUT2D eigenvalue weighted by molar-refractivity contribution is -0.174. The summed E-state index contributed by atoms with van der Waals surface area (Å²) in [6.07, 6.45) is 7.20. The maximum Gasteiger partial charge on any atom is 0.302 e. The minimum atomic E-state index is -0.245. The number of fused-ring (bicyclic) bond motifs is 5. The summed E-state index contributed by atoms with van der Waals surface area (Å²) in [5.74, 6) is 1.35. The fraction of sp³-hybridized carbons (Fsp3) is 0.870. The molecule has 0 saturated heterocycles. The van der Waals surface area contributed by atoms with Crippen LogP contribution in [-0.2, 0) is 23.9 Å². The molecule has 5 nitrogen and oxygen atoms in total. The lowest BCUT2D eigenvalue weighted by atomic mass is 9.45. The van der Waals surface area contributed by atoms with Crippen molar-refractivity contribution in [2.24, 2.45) is 34.5 Å². The third-order valence-corrected chi connectivity index (χ3v) is 8.96. The highest BCUT2D eigenvalue weighted by Crippen LogP contribution is 2.66. The molecule has 4 aliphatic rings. The van der Waals surface area contributed by atoms with Crippen LogP contribution < -0.4 is 0 Å². The van der Waals surface area contributed by atoms with Crippen LogP contribution in [0.2, 0.25) is 0 Å². The standard InChI is InChI=1S/C23H34O5/c1-13(24)27-15-7-9-22(3)18-8-10-23(4)17(5-6-21(23)28-14(2)25)16(18)12-20(26)19(22)11-15/h15-19,21H,5-12H2,1-4H3/t15-,16+,17+,18+,19-,21?,22-,23+/m1/s1. The Bertz CT molecular complexity index is 686. The molecule has 8 atom stereocenters. The molecule has 1 unspecified atom stereocenters. The van der Waals surface area contributed by atoms with E-state index in [-0.39, 0.29) is 40.9 Å². The van der Waals surface area contributed by atoms with Crippen LogP contribution in [0.15, 0.2) is 0 Å². The average molecular weight is 391 g/mol. The third kappa shape index (κ3) is 3.00. The molecule has 0 heterocycles. The molecule has 0 amide bonds. The number of hydrogen-bond acceptors (Lipinski definition) is 5. The van der Waals surface area contributed by atoms with Crippen molar-refractivity contribution in [2.75, 3.05) is 0 Å². The molecule has 0 aromatic rings. The van der Waals surface area contributed by atoms with E-state index in [0.29, 0.717) is 36.4 Å². The van der Waals surface area contributed by atoms with Gasteiger partial charge < -0.3 is 9.47 Å². The molecule has 5 heteroatoms. The van der Waals surface area contributed by atoms with Crippen molar-refractivity contribution in [1.82, 2.24) is 0 Å². The highest BCUT2D eigenvalue weighted by atomic mass is 16.5. The molecule has 4 fully saturated rings. The quantitative estimate of drug-likeness (QED) is 0.665. The largest absolute Gasteiger partial charge is 0.463 e. The van der Waals surface area contributed by atoms with E-state index in [1.807, 2.05) is 0 Å². The molecule has 4 saturated carbocycles. The number of Topliss-reactive ketones (excluding diaryl/α,β-unsaturated/α-hetero) is 1. The van der Waals surface area contributed by atoms with Gasteiger partial charge in [0.2, 0.25) is 0 Å². The van der Waals surface area contributed by atoms with Gasteiger partial charge in [-0.3, -0.25) is 14.4 Å². The molecule has 0 aromatic heterocycles. The second-order valence-electron chi connectivity index (χ2n) is 10.3. The monoisotopic (exact) mass is 390 g/mol. The summed E-state index contributed by atoms with van der Waals surface area (Å²) in [7, 11) is 0. The summed E-state index contributed by atoms with van der Waals surface area (Å²) >= 11 is 0. The summed E-state index contributed by atoms with van der Waals surface area (Å²) < 4.78 is 11.2. The van der Waals surface area contributed by atoms with Crippen molar-refractivity contribution in [3.8, 4) is 0 Å². The first-order valence-electron chi connectivity index (χ1n) is 11.0. The summed E-state index contributed by atoms with van der Waals surface area (Å²) in [5, 5.41) is 0. The summed E-state index contributed by atoms with van der Waals surface area (Å²) in [6.45, 7) is 7.55. The van der Waals surface area contributed by atoms with Gasteiger partial charge in [-0.1, -0.05) is 13.8 Å². The van der Waals surface area contributed by atoms with Gasteiger partial charge in [-0.25, -0.2) is 0 Å². The van der Waals surface area contributed by atoms with E-state index in [2.05, 4.69) is 13.8 Å². The number of esters is 2. The van der Waals surface area contributed by atoms with E-state index >= 15 is 0 Å². The van der Waals surface area contributed by atoms with Crippen molar-refractivity contribution in [1.29, 1.82) is 0 Å². The molecular formula is C23H34O5. The van der Waals surface area contributed by atoms with Gasteiger partial charge in [0.15, 0.2) is 0 Å². The van der Waals surface area contributed by atoms with Crippen LogP contribution >= 0.6 is 0 Å². The van der Waals surface area contributed by atoms with Gasteiger partial charge in [0, 0.05) is 31.6 Å². The maximum atomic E-state index is 13.2. The Hall–Kier alpha value is -1.39. The Labute approximate surface area is 167 Å². The molecule has 4 aliphatic carbocycles. The molecular weight excluding hydrogens is 356 g/mol. The zero-order chi connectivity index (χ0) is 20.3. The van der Waals surface area contributed by atoms with Gasteiger partial charge in [0.1, 0.15) is 18.0 Å². The zero-order valence-electron chi connectivity index (χ0n) is 17.7. The van der Waals surface area contributed by atoms with E-state index in [1.165, 1.54) is 13.8 Å².